The molecule has 1 aromatic carbocycles. The van der Waals surface area contributed by atoms with E-state index in [1.807, 2.05) is 11.3 Å². The molecule has 1 unspecified atom stereocenters. The van der Waals surface area contributed by atoms with Gasteiger partial charge in [-0.25, -0.2) is 0 Å². The fourth-order valence-electron chi connectivity index (χ4n) is 2.00. The molecule has 0 saturated heterocycles. The van der Waals surface area contributed by atoms with E-state index in [1.54, 1.807) is 0 Å². The lowest BCUT2D eigenvalue weighted by atomic mass is 10.1. The first-order chi connectivity index (χ1) is 8.27. The van der Waals surface area contributed by atoms with Crippen molar-refractivity contribution in [3.05, 3.63) is 57.8 Å². The van der Waals surface area contributed by atoms with Gasteiger partial charge in [-0.1, -0.05) is 30.3 Å². The van der Waals surface area contributed by atoms with Crippen LogP contribution in [0.25, 0.3) is 0 Å². The Bertz CT molecular complexity index is 447. The molecule has 0 fully saturated rings. The molecular weight excluding hydrogens is 226 g/mol. The number of rotatable bonds is 5. The van der Waals surface area contributed by atoms with Crippen LogP contribution in [0, 0.1) is 6.92 Å². The van der Waals surface area contributed by atoms with Gasteiger partial charge in [0, 0.05) is 10.9 Å². The normalized spacial score (nSPS) is 12.6. The Labute approximate surface area is 108 Å². The summed E-state index contributed by atoms with van der Waals surface area (Å²) in [4.78, 5) is 1.46. The first kappa shape index (κ1) is 12.3. The molecule has 1 nitrogen and oxygen atoms in total. The zero-order chi connectivity index (χ0) is 12.1. The number of hydrogen-bond donors (Lipinski definition) is 1. The van der Waals surface area contributed by atoms with Crippen molar-refractivity contribution in [1.82, 2.24) is 5.32 Å². The summed E-state index contributed by atoms with van der Waals surface area (Å²) in [5, 5.41) is 5.75. The maximum absolute atomic E-state index is 3.58. The van der Waals surface area contributed by atoms with Crippen LogP contribution in [0.3, 0.4) is 0 Å². The lowest BCUT2D eigenvalue weighted by Gasteiger charge is -2.13. The smallest absolute Gasteiger partial charge is 0.0388 e. The van der Waals surface area contributed by atoms with Crippen molar-refractivity contribution in [2.45, 2.75) is 26.3 Å². The number of hydrogen-bond acceptors (Lipinski definition) is 2. The van der Waals surface area contributed by atoms with E-state index in [-0.39, 0.29) is 0 Å². The highest BCUT2D eigenvalue weighted by atomic mass is 32.1. The summed E-state index contributed by atoms with van der Waals surface area (Å²) in [6, 6.07) is 13.3. The minimum Gasteiger partial charge on any atom is -0.309 e. The third kappa shape index (κ3) is 3.42. The van der Waals surface area contributed by atoms with Gasteiger partial charge in [-0.3, -0.25) is 0 Å². The summed E-state index contributed by atoms with van der Waals surface area (Å²) in [6.45, 7) is 5.45. The minimum absolute atomic E-state index is 0.457. The molecule has 0 aliphatic carbocycles. The summed E-state index contributed by atoms with van der Waals surface area (Å²) in [5.41, 5.74) is 2.80. The van der Waals surface area contributed by atoms with Crippen molar-refractivity contribution in [3.63, 3.8) is 0 Å². The molecule has 1 atom stereocenters. The SMILES string of the molecule is Cc1ccsc1C(C)NCCc1ccccc1. The first-order valence-electron chi connectivity index (χ1n) is 6.08. The molecule has 17 heavy (non-hydrogen) atoms. The van der Waals surface area contributed by atoms with Gasteiger partial charge in [0.2, 0.25) is 0 Å². The van der Waals surface area contributed by atoms with Gasteiger partial charge >= 0.3 is 0 Å². The molecule has 2 aromatic rings. The highest BCUT2D eigenvalue weighted by Crippen LogP contribution is 2.23. The summed E-state index contributed by atoms with van der Waals surface area (Å²) in [5.74, 6) is 0. The lowest BCUT2D eigenvalue weighted by molar-refractivity contribution is 0.583. The molecular formula is C15H19NS. The van der Waals surface area contributed by atoms with E-state index in [9.17, 15) is 0 Å². The Morgan fingerprint density at radius 2 is 1.94 bits per heavy atom. The van der Waals surface area contributed by atoms with Gasteiger partial charge in [-0.05, 0) is 49.4 Å². The van der Waals surface area contributed by atoms with Gasteiger partial charge in [0.25, 0.3) is 0 Å². The molecule has 2 rings (SSSR count). The molecule has 1 N–H and O–H groups in total. The fourth-order valence-corrected chi connectivity index (χ4v) is 2.96. The summed E-state index contributed by atoms with van der Waals surface area (Å²) < 4.78 is 0. The van der Waals surface area contributed by atoms with Crippen LogP contribution < -0.4 is 5.32 Å². The van der Waals surface area contributed by atoms with Crippen molar-refractivity contribution in [2.24, 2.45) is 0 Å². The Morgan fingerprint density at radius 3 is 2.59 bits per heavy atom. The maximum atomic E-state index is 3.58. The molecule has 1 aromatic heterocycles. The van der Waals surface area contributed by atoms with E-state index < -0.39 is 0 Å². The van der Waals surface area contributed by atoms with Crippen LogP contribution in [-0.4, -0.2) is 6.54 Å². The van der Waals surface area contributed by atoms with Gasteiger partial charge in [0.1, 0.15) is 0 Å². The quantitative estimate of drug-likeness (QED) is 0.841. The highest BCUT2D eigenvalue weighted by molar-refractivity contribution is 7.10. The Hall–Kier alpha value is -1.12. The molecule has 0 spiro atoms. The average molecular weight is 245 g/mol. The van der Waals surface area contributed by atoms with Crippen LogP contribution in [0.4, 0.5) is 0 Å². The second-order valence-corrected chi connectivity index (χ2v) is 5.33. The standard InChI is InChI=1S/C15H19NS/c1-12-9-11-17-15(12)13(2)16-10-8-14-6-4-3-5-7-14/h3-7,9,11,13,16H,8,10H2,1-2H3. The lowest BCUT2D eigenvalue weighted by Crippen LogP contribution is -2.21. The van der Waals surface area contributed by atoms with E-state index in [2.05, 4.69) is 60.9 Å². The van der Waals surface area contributed by atoms with E-state index in [1.165, 1.54) is 16.0 Å². The number of thiophene rings is 1. The van der Waals surface area contributed by atoms with Gasteiger partial charge < -0.3 is 5.32 Å². The van der Waals surface area contributed by atoms with Crippen LogP contribution >= 0.6 is 11.3 Å². The molecule has 0 aliphatic heterocycles. The number of nitrogens with one attached hydrogen (secondary N) is 1. The van der Waals surface area contributed by atoms with Crippen LogP contribution in [0.1, 0.15) is 29.0 Å². The van der Waals surface area contributed by atoms with Crippen LogP contribution in [0.5, 0.6) is 0 Å². The summed E-state index contributed by atoms with van der Waals surface area (Å²) in [6.07, 6.45) is 1.09. The van der Waals surface area contributed by atoms with Crippen molar-refractivity contribution in [3.8, 4) is 0 Å². The highest BCUT2D eigenvalue weighted by Gasteiger charge is 2.08. The molecule has 1 heterocycles. The molecule has 0 radical (unpaired) electrons. The Morgan fingerprint density at radius 1 is 1.18 bits per heavy atom. The molecule has 2 heteroatoms. The second-order valence-electron chi connectivity index (χ2n) is 4.38. The zero-order valence-corrected chi connectivity index (χ0v) is 11.3. The average Bonchev–Trinajstić information content (AvgIpc) is 2.77. The Balaban J connectivity index is 1.81. The van der Waals surface area contributed by atoms with Crippen molar-refractivity contribution >= 4 is 11.3 Å². The monoisotopic (exact) mass is 245 g/mol. The third-order valence-corrected chi connectivity index (χ3v) is 4.20. The maximum Gasteiger partial charge on any atom is 0.0388 e. The van der Waals surface area contributed by atoms with Gasteiger partial charge in [-0.2, -0.15) is 0 Å². The van der Waals surface area contributed by atoms with E-state index in [0.29, 0.717) is 6.04 Å². The van der Waals surface area contributed by atoms with Crippen molar-refractivity contribution < 1.29 is 0 Å². The summed E-state index contributed by atoms with van der Waals surface area (Å²) in [7, 11) is 0. The predicted octanol–water partition coefficient (Wildman–Crippen LogP) is 3.95. The fraction of sp³-hybridized carbons (Fsp3) is 0.333. The molecule has 0 amide bonds. The Kier molecular flexibility index (Phi) is 4.35. The van der Waals surface area contributed by atoms with E-state index in [0.717, 1.165) is 13.0 Å². The van der Waals surface area contributed by atoms with Gasteiger partial charge in [-0.15, -0.1) is 11.3 Å². The van der Waals surface area contributed by atoms with Gasteiger partial charge in [0.15, 0.2) is 0 Å². The van der Waals surface area contributed by atoms with E-state index in [4.69, 9.17) is 0 Å². The van der Waals surface area contributed by atoms with E-state index >= 15 is 0 Å². The number of aryl methyl sites for hydroxylation is 1. The molecule has 90 valence electrons. The zero-order valence-electron chi connectivity index (χ0n) is 10.4. The molecule has 0 bridgehead atoms. The largest absolute Gasteiger partial charge is 0.309 e. The van der Waals surface area contributed by atoms with Crippen LogP contribution in [-0.2, 0) is 6.42 Å². The van der Waals surface area contributed by atoms with Crippen molar-refractivity contribution in [2.75, 3.05) is 6.54 Å². The molecule has 0 saturated carbocycles. The van der Waals surface area contributed by atoms with Gasteiger partial charge in [0.05, 0.1) is 0 Å². The van der Waals surface area contributed by atoms with Crippen LogP contribution in [0.2, 0.25) is 0 Å². The third-order valence-electron chi connectivity index (χ3n) is 3.00. The predicted molar refractivity (Wildman–Crippen MR) is 75.6 cm³/mol. The topological polar surface area (TPSA) is 12.0 Å². The molecule has 0 aliphatic rings. The minimum atomic E-state index is 0.457. The second kappa shape index (κ2) is 5.99. The number of benzene rings is 1. The summed E-state index contributed by atoms with van der Waals surface area (Å²) >= 11 is 1.84. The van der Waals surface area contributed by atoms with Crippen molar-refractivity contribution in [1.29, 1.82) is 0 Å². The first-order valence-corrected chi connectivity index (χ1v) is 6.96. The van der Waals surface area contributed by atoms with Crippen LogP contribution in [0.15, 0.2) is 41.8 Å².